The Labute approximate surface area is 169 Å². The molecule has 29 heavy (non-hydrogen) atoms. The summed E-state index contributed by atoms with van der Waals surface area (Å²) in [5.41, 5.74) is 4.31. The lowest BCUT2D eigenvalue weighted by Crippen LogP contribution is -2.37. The quantitative estimate of drug-likeness (QED) is 0.696. The number of carbonyl (C=O) groups excluding carboxylic acids is 1. The molecule has 1 aromatic carbocycles. The summed E-state index contributed by atoms with van der Waals surface area (Å²) in [6.45, 7) is 4.27. The number of hydrogen-bond acceptors (Lipinski definition) is 4. The Morgan fingerprint density at radius 1 is 1.17 bits per heavy atom. The fourth-order valence-corrected chi connectivity index (χ4v) is 3.84. The van der Waals surface area contributed by atoms with Gasteiger partial charge in [0.25, 0.3) is 5.56 Å². The van der Waals surface area contributed by atoms with Crippen molar-refractivity contribution in [3.8, 4) is 5.95 Å². The van der Waals surface area contributed by atoms with E-state index >= 15 is 0 Å². The number of aryl methyl sites for hydroxylation is 3. The summed E-state index contributed by atoms with van der Waals surface area (Å²) in [4.78, 5) is 30.4. The van der Waals surface area contributed by atoms with Gasteiger partial charge in [0.1, 0.15) is 6.54 Å². The van der Waals surface area contributed by atoms with Crippen molar-refractivity contribution in [2.45, 2.75) is 46.1 Å². The molecular weight excluding hydrogens is 366 g/mol. The molecular formula is C22H25N5O2. The summed E-state index contributed by atoms with van der Waals surface area (Å²) in [6, 6.07) is 11.9. The van der Waals surface area contributed by atoms with Crippen LogP contribution in [0.2, 0.25) is 0 Å². The standard InChI is InChI=1S/C22H25N5O2/c1-15-13-16(2)27(25-15)22-24-19-10-6-9-18(19)21(29)26(22)14-20(28)23-12-11-17-7-4-3-5-8-17/h3-5,7-8,13H,6,9-12,14H2,1-2H3,(H,23,28). The third kappa shape index (κ3) is 3.99. The average Bonchev–Trinajstić information content (AvgIpc) is 3.30. The monoisotopic (exact) mass is 391 g/mol. The third-order valence-corrected chi connectivity index (χ3v) is 5.25. The van der Waals surface area contributed by atoms with Gasteiger partial charge in [-0.25, -0.2) is 9.67 Å². The molecule has 0 unspecified atom stereocenters. The summed E-state index contributed by atoms with van der Waals surface area (Å²) >= 11 is 0. The molecule has 0 bridgehead atoms. The topological polar surface area (TPSA) is 81.8 Å². The second kappa shape index (κ2) is 8.03. The van der Waals surface area contributed by atoms with Crippen molar-refractivity contribution in [3.05, 3.63) is 75.0 Å². The minimum Gasteiger partial charge on any atom is -0.354 e. The summed E-state index contributed by atoms with van der Waals surface area (Å²) < 4.78 is 3.12. The van der Waals surface area contributed by atoms with Crippen molar-refractivity contribution in [2.75, 3.05) is 6.54 Å². The van der Waals surface area contributed by atoms with Gasteiger partial charge in [0.15, 0.2) is 0 Å². The summed E-state index contributed by atoms with van der Waals surface area (Å²) in [6.07, 6.45) is 3.17. The van der Waals surface area contributed by atoms with Gasteiger partial charge in [0, 0.05) is 17.8 Å². The largest absolute Gasteiger partial charge is 0.354 e. The summed E-state index contributed by atoms with van der Waals surface area (Å²) in [7, 11) is 0. The number of rotatable bonds is 6. The normalized spacial score (nSPS) is 12.8. The predicted octanol–water partition coefficient (Wildman–Crippen LogP) is 1.89. The van der Waals surface area contributed by atoms with E-state index in [0.29, 0.717) is 18.9 Å². The molecule has 1 N–H and O–H groups in total. The van der Waals surface area contributed by atoms with Crippen LogP contribution < -0.4 is 10.9 Å². The Balaban J connectivity index is 1.58. The predicted molar refractivity (Wildman–Crippen MR) is 110 cm³/mol. The van der Waals surface area contributed by atoms with Crippen molar-refractivity contribution in [2.24, 2.45) is 0 Å². The van der Waals surface area contributed by atoms with E-state index in [1.807, 2.05) is 50.2 Å². The first kappa shape index (κ1) is 19.1. The summed E-state index contributed by atoms with van der Waals surface area (Å²) in [5.74, 6) is 0.213. The average molecular weight is 391 g/mol. The fourth-order valence-electron chi connectivity index (χ4n) is 3.84. The van der Waals surface area contributed by atoms with Crippen molar-refractivity contribution < 1.29 is 4.79 Å². The van der Waals surface area contributed by atoms with Gasteiger partial charge in [-0.3, -0.25) is 14.2 Å². The van der Waals surface area contributed by atoms with E-state index in [-0.39, 0.29) is 18.0 Å². The molecule has 0 aliphatic heterocycles. The van der Waals surface area contributed by atoms with Gasteiger partial charge in [0.05, 0.1) is 11.4 Å². The van der Waals surface area contributed by atoms with Crippen LogP contribution in [0.15, 0.2) is 41.2 Å². The van der Waals surface area contributed by atoms with Gasteiger partial charge in [0.2, 0.25) is 11.9 Å². The Hall–Kier alpha value is -3.22. The van der Waals surface area contributed by atoms with Crippen molar-refractivity contribution >= 4 is 5.91 Å². The van der Waals surface area contributed by atoms with Crippen LogP contribution >= 0.6 is 0 Å². The number of nitrogens with one attached hydrogen (secondary N) is 1. The van der Waals surface area contributed by atoms with Crippen LogP contribution in [0.5, 0.6) is 0 Å². The number of hydrogen-bond donors (Lipinski definition) is 1. The SMILES string of the molecule is Cc1cc(C)n(-c2nc3c(c(=O)n2CC(=O)NCCc2ccccc2)CCC3)n1. The van der Waals surface area contributed by atoms with Crippen molar-refractivity contribution in [1.29, 1.82) is 0 Å². The molecule has 1 aliphatic carbocycles. The van der Waals surface area contributed by atoms with Gasteiger partial charge in [-0.15, -0.1) is 0 Å². The highest BCUT2D eigenvalue weighted by Gasteiger charge is 2.23. The zero-order valence-electron chi connectivity index (χ0n) is 16.8. The van der Waals surface area contributed by atoms with Gasteiger partial charge in [-0.05, 0) is 51.2 Å². The molecule has 1 aliphatic rings. The molecule has 2 heterocycles. The second-order valence-corrected chi connectivity index (χ2v) is 7.51. The first-order chi connectivity index (χ1) is 14.0. The van der Waals surface area contributed by atoms with Gasteiger partial charge >= 0.3 is 0 Å². The number of nitrogens with zero attached hydrogens (tertiary/aromatic N) is 4. The van der Waals surface area contributed by atoms with Gasteiger partial charge < -0.3 is 5.32 Å². The molecule has 7 nitrogen and oxygen atoms in total. The van der Waals surface area contributed by atoms with Gasteiger partial charge in [-0.1, -0.05) is 30.3 Å². The molecule has 0 saturated carbocycles. The Kier molecular flexibility index (Phi) is 5.29. The molecule has 3 aromatic rings. The van der Waals surface area contributed by atoms with Crippen molar-refractivity contribution in [1.82, 2.24) is 24.6 Å². The number of carbonyl (C=O) groups is 1. The maximum Gasteiger partial charge on any atom is 0.258 e. The van der Waals surface area contributed by atoms with E-state index in [1.54, 1.807) is 4.68 Å². The zero-order chi connectivity index (χ0) is 20.4. The minimum atomic E-state index is -0.203. The van der Waals surface area contributed by atoms with Crippen LogP contribution in [0.1, 0.15) is 34.6 Å². The second-order valence-electron chi connectivity index (χ2n) is 7.51. The van der Waals surface area contributed by atoms with Crippen LogP contribution in [-0.4, -0.2) is 31.8 Å². The van der Waals surface area contributed by atoms with Gasteiger partial charge in [-0.2, -0.15) is 5.10 Å². The first-order valence-electron chi connectivity index (χ1n) is 10.00. The molecule has 150 valence electrons. The van der Waals surface area contributed by atoms with E-state index in [1.165, 1.54) is 4.57 Å². The lowest BCUT2D eigenvalue weighted by Gasteiger charge is -2.15. The van der Waals surface area contributed by atoms with Crippen LogP contribution in [0, 0.1) is 13.8 Å². The lowest BCUT2D eigenvalue weighted by molar-refractivity contribution is -0.121. The lowest BCUT2D eigenvalue weighted by atomic mass is 10.1. The van der Waals surface area contributed by atoms with Crippen LogP contribution in [-0.2, 0) is 30.6 Å². The highest BCUT2D eigenvalue weighted by molar-refractivity contribution is 5.76. The summed E-state index contributed by atoms with van der Waals surface area (Å²) in [5, 5.41) is 7.40. The smallest absolute Gasteiger partial charge is 0.258 e. The molecule has 0 saturated heterocycles. The van der Waals surface area contributed by atoms with E-state index < -0.39 is 0 Å². The Morgan fingerprint density at radius 2 is 1.97 bits per heavy atom. The number of aromatic nitrogens is 4. The Morgan fingerprint density at radius 3 is 2.69 bits per heavy atom. The van der Waals surface area contributed by atoms with E-state index in [2.05, 4.69) is 10.4 Å². The van der Waals surface area contributed by atoms with Crippen LogP contribution in [0.4, 0.5) is 0 Å². The molecule has 7 heteroatoms. The minimum absolute atomic E-state index is 0.0679. The molecule has 4 rings (SSSR count). The highest BCUT2D eigenvalue weighted by Crippen LogP contribution is 2.19. The number of benzene rings is 1. The molecule has 0 fully saturated rings. The van der Waals surface area contributed by atoms with Crippen molar-refractivity contribution in [3.63, 3.8) is 0 Å². The Bertz CT molecular complexity index is 1100. The number of amides is 1. The van der Waals surface area contributed by atoms with Crippen LogP contribution in [0.25, 0.3) is 5.95 Å². The molecule has 0 radical (unpaired) electrons. The number of fused-ring (bicyclic) bond motifs is 1. The molecule has 2 aromatic heterocycles. The fraction of sp³-hybridized carbons (Fsp3) is 0.364. The maximum atomic E-state index is 13.1. The van der Waals surface area contributed by atoms with E-state index in [9.17, 15) is 9.59 Å². The zero-order valence-corrected chi connectivity index (χ0v) is 16.8. The third-order valence-electron chi connectivity index (χ3n) is 5.25. The first-order valence-corrected chi connectivity index (χ1v) is 10.00. The van der Waals surface area contributed by atoms with E-state index in [0.717, 1.165) is 47.5 Å². The molecule has 0 spiro atoms. The maximum absolute atomic E-state index is 13.1. The highest BCUT2D eigenvalue weighted by atomic mass is 16.2. The molecule has 0 atom stereocenters. The van der Waals surface area contributed by atoms with E-state index in [4.69, 9.17) is 4.98 Å². The van der Waals surface area contributed by atoms with Crippen LogP contribution in [0.3, 0.4) is 0 Å². The molecule has 1 amide bonds.